The van der Waals surface area contributed by atoms with Crippen LogP contribution in [0, 0.1) is 11.7 Å². The fourth-order valence-corrected chi connectivity index (χ4v) is 2.39. The second-order valence-electron chi connectivity index (χ2n) is 5.83. The van der Waals surface area contributed by atoms with Crippen molar-refractivity contribution < 1.29 is 9.18 Å². The molecule has 1 atom stereocenters. The lowest BCUT2D eigenvalue weighted by Gasteiger charge is -2.17. The number of benzene rings is 1. The van der Waals surface area contributed by atoms with E-state index in [-0.39, 0.29) is 29.8 Å². The Balaban J connectivity index is 0.00000364. The number of primary amides is 1. The number of nitrogens with one attached hydrogen (secondary N) is 2. The van der Waals surface area contributed by atoms with Gasteiger partial charge in [0.05, 0.1) is 18.2 Å². The van der Waals surface area contributed by atoms with Gasteiger partial charge in [0.25, 0.3) is 0 Å². The molecule has 1 unspecified atom stereocenters. The summed E-state index contributed by atoms with van der Waals surface area (Å²) in [5, 5.41) is 6.27. The lowest BCUT2D eigenvalue weighted by molar-refractivity contribution is -0.121. The SMILES string of the molecule is CCNC(=NCc1ccccn1)NCC(Cc1ccc(F)cc1)C(N)=O.I. The highest BCUT2D eigenvalue weighted by molar-refractivity contribution is 14.0. The molecule has 0 spiro atoms. The van der Waals surface area contributed by atoms with E-state index in [1.807, 2.05) is 25.1 Å². The van der Waals surface area contributed by atoms with Gasteiger partial charge in [-0.15, -0.1) is 24.0 Å². The van der Waals surface area contributed by atoms with Crippen molar-refractivity contribution in [3.8, 4) is 0 Å². The topological polar surface area (TPSA) is 92.4 Å². The molecule has 1 heterocycles. The number of carbonyl (C=O) groups is 1. The molecule has 8 heteroatoms. The van der Waals surface area contributed by atoms with Crippen LogP contribution in [0.4, 0.5) is 4.39 Å². The summed E-state index contributed by atoms with van der Waals surface area (Å²) in [6, 6.07) is 11.7. The zero-order valence-electron chi connectivity index (χ0n) is 15.2. The average molecular weight is 485 g/mol. The Kier molecular flexibility index (Phi) is 10.3. The highest BCUT2D eigenvalue weighted by Gasteiger charge is 2.16. The number of nitrogens with two attached hydrogens (primary N) is 1. The summed E-state index contributed by atoms with van der Waals surface area (Å²) < 4.78 is 13.0. The molecule has 1 amide bonds. The zero-order chi connectivity index (χ0) is 18.8. The maximum atomic E-state index is 13.0. The van der Waals surface area contributed by atoms with Crippen LogP contribution in [0.2, 0.25) is 0 Å². The van der Waals surface area contributed by atoms with Gasteiger partial charge in [0, 0.05) is 19.3 Å². The van der Waals surface area contributed by atoms with Crippen molar-refractivity contribution in [1.29, 1.82) is 0 Å². The number of halogens is 2. The van der Waals surface area contributed by atoms with E-state index in [9.17, 15) is 9.18 Å². The number of pyridine rings is 1. The van der Waals surface area contributed by atoms with Gasteiger partial charge in [-0.3, -0.25) is 9.78 Å². The van der Waals surface area contributed by atoms with Gasteiger partial charge in [0.15, 0.2) is 5.96 Å². The Labute approximate surface area is 175 Å². The first-order chi connectivity index (χ1) is 12.6. The molecule has 0 aliphatic carbocycles. The first-order valence-corrected chi connectivity index (χ1v) is 8.54. The van der Waals surface area contributed by atoms with E-state index < -0.39 is 11.8 Å². The molecule has 4 N–H and O–H groups in total. The Bertz CT molecular complexity index is 725. The molecule has 1 aromatic carbocycles. The van der Waals surface area contributed by atoms with Crippen LogP contribution >= 0.6 is 24.0 Å². The fraction of sp³-hybridized carbons (Fsp3) is 0.316. The van der Waals surface area contributed by atoms with Crippen molar-refractivity contribution in [3.05, 3.63) is 65.7 Å². The van der Waals surface area contributed by atoms with Crippen molar-refractivity contribution in [3.63, 3.8) is 0 Å². The maximum absolute atomic E-state index is 13.0. The van der Waals surface area contributed by atoms with Crippen LogP contribution in [0.15, 0.2) is 53.7 Å². The third-order valence-corrected chi connectivity index (χ3v) is 3.78. The van der Waals surface area contributed by atoms with Gasteiger partial charge < -0.3 is 16.4 Å². The van der Waals surface area contributed by atoms with E-state index in [4.69, 9.17) is 5.73 Å². The van der Waals surface area contributed by atoms with Crippen LogP contribution in [0.5, 0.6) is 0 Å². The summed E-state index contributed by atoms with van der Waals surface area (Å²) in [6.45, 7) is 3.41. The third-order valence-electron chi connectivity index (χ3n) is 3.78. The number of aromatic nitrogens is 1. The predicted molar refractivity (Wildman–Crippen MR) is 115 cm³/mol. The molecule has 0 fully saturated rings. The van der Waals surface area contributed by atoms with Gasteiger partial charge in [-0.1, -0.05) is 18.2 Å². The second kappa shape index (κ2) is 12.2. The summed E-state index contributed by atoms with van der Waals surface area (Å²) in [5.41, 5.74) is 7.22. The quantitative estimate of drug-likeness (QED) is 0.304. The van der Waals surface area contributed by atoms with Gasteiger partial charge >= 0.3 is 0 Å². The lowest BCUT2D eigenvalue weighted by atomic mass is 9.98. The summed E-state index contributed by atoms with van der Waals surface area (Å²) in [4.78, 5) is 20.5. The monoisotopic (exact) mass is 485 g/mol. The van der Waals surface area contributed by atoms with Crippen molar-refractivity contribution in [2.75, 3.05) is 13.1 Å². The van der Waals surface area contributed by atoms with Crippen molar-refractivity contribution in [1.82, 2.24) is 15.6 Å². The van der Waals surface area contributed by atoms with Gasteiger partial charge in [0.2, 0.25) is 5.91 Å². The minimum absolute atomic E-state index is 0. The van der Waals surface area contributed by atoms with E-state index in [2.05, 4.69) is 20.6 Å². The van der Waals surface area contributed by atoms with Gasteiger partial charge in [0.1, 0.15) is 5.82 Å². The van der Waals surface area contributed by atoms with Crippen molar-refractivity contribution in [2.24, 2.45) is 16.6 Å². The third kappa shape index (κ3) is 8.33. The van der Waals surface area contributed by atoms with E-state index in [0.29, 0.717) is 32.0 Å². The van der Waals surface area contributed by atoms with Crippen LogP contribution < -0.4 is 16.4 Å². The van der Waals surface area contributed by atoms with E-state index in [1.165, 1.54) is 12.1 Å². The van der Waals surface area contributed by atoms with Crippen LogP contribution in [0.3, 0.4) is 0 Å². The molecule has 0 aliphatic rings. The summed E-state index contributed by atoms with van der Waals surface area (Å²) in [5.74, 6) is -0.566. The van der Waals surface area contributed by atoms with Crippen LogP contribution in [-0.4, -0.2) is 29.9 Å². The summed E-state index contributed by atoms with van der Waals surface area (Å²) in [6.07, 6.45) is 2.15. The average Bonchev–Trinajstić information content (AvgIpc) is 2.65. The molecule has 146 valence electrons. The standard InChI is InChI=1S/C19H24FN5O.HI/c1-2-22-19(25-13-17-5-3-4-10-23-17)24-12-15(18(21)26)11-14-6-8-16(20)9-7-14;/h3-10,15H,2,11-13H2,1H3,(H2,21,26)(H2,22,24,25);1H. The highest BCUT2D eigenvalue weighted by atomic mass is 127. The Morgan fingerprint density at radius 2 is 1.96 bits per heavy atom. The van der Waals surface area contributed by atoms with Gasteiger partial charge in [-0.05, 0) is 43.2 Å². The van der Waals surface area contributed by atoms with Crippen LogP contribution in [0.25, 0.3) is 0 Å². The molecule has 6 nitrogen and oxygen atoms in total. The molecule has 0 saturated carbocycles. The Morgan fingerprint density at radius 3 is 2.56 bits per heavy atom. The lowest BCUT2D eigenvalue weighted by Crippen LogP contribution is -2.43. The van der Waals surface area contributed by atoms with Crippen molar-refractivity contribution >= 4 is 35.8 Å². The molecule has 2 rings (SSSR count). The number of amides is 1. The molecule has 0 radical (unpaired) electrons. The van der Waals surface area contributed by atoms with E-state index >= 15 is 0 Å². The van der Waals surface area contributed by atoms with Crippen LogP contribution in [-0.2, 0) is 17.8 Å². The molecule has 1 aromatic heterocycles. The number of hydrogen-bond donors (Lipinski definition) is 3. The molecule has 27 heavy (non-hydrogen) atoms. The Hall–Kier alpha value is -2.23. The molecular weight excluding hydrogens is 460 g/mol. The van der Waals surface area contributed by atoms with Crippen molar-refractivity contribution in [2.45, 2.75) is 19.9 Å². The number of rotatable bonds is 8. The minimum Gasteiger partial charge on any atom is -0.369 e. The number of nitrogens with zero attached hydrogens (tertiary/aromatic N) is 2. The molecular formula is C19H25FIN5O. The predicted octanol–water partition coefficient (Wildman–Crippen LogP) is 2.24. The largest absolute Gasteiger partial charge is 0.369 e. The van der Waals surface area contributed by atoms with E-state index in [1.54, 1.807) is 18.3 Å². The molecule has 2 aromatic rings. The zero-order valence-corrected chi connectivity index (χ0v) is 17.5. The van der Waals surface area contributed by atoms with E-state index in [0.717, 1.165) is 11.3 Å². The number of hydrogen-bond acceptors (Lipinski definition) is 3. The number of carbonyl (C=O) groups excluding carboxylic acids is 1. The highest BCUT2D eigenvalue weighted by Crippen LogP contribution is 2.09. The summed E-state index contributed by atoms with van der Waals surface area (Å²) >= 11 is 0. The smallest absolute Gasteiger partial charge is 0.222 e. The first kappa shape index (κ1) is 22.8. The first-order valence-electron chi connectivity index (χ1n) is 8.54. The Morgan fingerprint density at radius 1 is 1.22 bits per heavy atom. The molecule has 0 bridgehead atoms. The number of aliphatic imine (C=N–C) groups is 1. The van der Waals surface area contributed by atoms with Gasteiger partial charge in [-0.2, -0.15) is 0 Å². The number of guanidine groups is 1. The normalized spacial score (nSPS) is 12.0. The van der Waals surface area contributed by atoms with Crippen LogP contribution in [0.1, 0.15) is 18.2 Å². The molecule has 0 saturated heterocycles. The maximum Gasteiger partial charge on any atom is 0.222 e. The minimum atomic E-state index is -0.431. The second-order valence-corrected chi connectivity index (χ2v) is 5.83. The summed E-state index contributed by atoms with van der Waals surface area (Å²) in [7, 11) is 0. The van der Waals surface area contributed by atoms with Gasteiger partial charge in [-0.25, -0.2) is 9.38 Å². The fourth-order valence-electron chi connectivity index (χ4n) is 2.39. The molecule has 0 aliphatic heterocycles.